The number of methoxy groups -OCH3 is 1. The lowest BCUT2D eigenvalue weighted by Gasteiger charge is -2.14. The lowest BCUT2D eigenvalue weighted by Crippen LogP contribution is -2.35. The van der Waals surface area contributed by atoms with E-state index in [-0.39, 0.29) is 24.4 Å². The van der Waals surface area contributed by atoms with Gasteiger partial charge in [0, 0.05) is 19.3 Å². The Morgan fingerprint density at radius 1 is 1.27 bits per heavy atom. The summed E-state index contributed by atoms with van der Waals surface area (Å²) >= 11 is 0. The monoisotopic (exact) mass is 356 g/mol. The van der Waals surface area contributed by atoms with Crippen molar-refractivity contribution < 1.29 is 14.3 Å². The van der Waals surface area contributed by atoms with Crippen LogP contribution < -0.4 is 10.6 Å². The van der Waals surface area contributed by atoms with Crippen LogP contribution in [-0.2, 0) is 20.9 Å². The molecule has 138 valence electrons. The molecule has 1 atom stereocenters. The fourth-order valence-electron chi connectivity index (χ4n) is 3.24. The fraction of sp³-hybridized carbons (Fsp3) is 0.421. The number of aromatic nitrogens is 2. The quantitative estimate of drug-likeness (QED) is 0.797. The third kappa shape index (κ3) is 4.70. The van der Waals surface area contributed by atoms with E-state index in [4.69, 9.17) is 4.74 Å². The first kappa shape index (κ1) is 18.1. The molecular weight excluding hydrogens is 332 g/mol. The first-order chi connectivity index (χ1) is 12.7. The van der Waals surface area contributed by atoms with Gasteiger partial charge in [0.15, 0.2) is 6.10 Å². The van der Waals surface area contributed by atoms with Crippen LogP contribution >= 0.6 is 0 Å². The van der Waals surface area contributed by atoms with Gasteiger partial charge in [0.2, 0.25) is 5.91 Å². The van der Waals surface area contributed by atoms with Gasteiger partial charge in [-0.25, -0.2) is 0 Å². The van der Waals surface area contributed by atoms with E-state index in [0.29, 0.717) is 5.69 Å². The molecule has 1 aromatic carbocycles. The zero-order valence-corrected chi connectivity index (χ0v) is 14.9. The second kappa shape index (κ2) is 8.62. The first-order valence-corrected chi connectivity index (χ1v) is 8.86. The van der Waals surface area contributed by atoms with Crippen molar-refractivity contribution in [1.29, 1.82) is 0 Å². The Balaban J connectivity index is 1.55. The molecule has 2 N–H and O–H groups in total. The number of ether oxygens (including phenoxy) is 1. The summed E-state index contributed by atoms with van der Waals surface area (Å²) in [4.78, 5) is 24.5. The van der Waals surface area contributed by atoms with Gasteiger partial charge < -0.3 is 15.4 Å². The van der Waals surface area contributed by atoms with Crippen LogP contribution in [0.2, 0.25) is 0 Å². The van der Waals surface area contributed by atoms with Crippen molar-refractivity contribution in [2.75, 3.05) is 12.4 Å². The minimum Gasteiger partial charge on any atom is -0.367 e. The molecule has 0 bridgehead atoms. The van der Waals surface area contributed by atoms with Crippen molar-refractivity contribution in [2.45, 2.75) is 44.4 Å². The summed E-state index contributed by atoms with van der Waals surface area (Å²) in [5, 5.41) is 9.94. The Morgan fingerprint density at radius 2 is 2.00 bits per heavy atom. The molecule has 3 rings (SSSR count). The molecule has 1 aliphatic carbocycles. The SMILES string of the molecule is COC(C(=O)Nc1cnn(CC(=O)NC2CCCC2)c1)c1ccccc1. The molecule has 0 aliphatic heterocycles. The molecule has 0 saturated heterocycles. The highest BCUT2D eigenvalue weighted by molar-refractivity contribution is 5.94. The average molecular weight is 356 g/mol. The minimum absolute atomic E-state index is 0.0584. The summed E-state index contributed by atoms with van der Waals surface area (Å²) in [6.45, 7) is 0.138. The molecule has 1 heterocycles. The highest BCUT2D eigenvalue weighted by Crippen LogP contribution is 2.19. The number of nitrogens with zero attached hydrogens (tertiary/aromatic N) is 2. The molecule has 7 nitrogen and oxygen atoms in total. The van der Waals surface area contributed by atoms with Crippen molar-refractivity contribution >= 4 is 17.5 Å². The van der Waals surface area contributed by atoms with Gasteiger partial charge in [0.1, 0.15) is 6.54 Å². The molecular formula is C19H24N4O3. The highest BCUT2D eigenvalue weighted by Gasteiger charge is 2.21. The van der Waals surface area contributed by atoms with Gasteiger partial charge in [-0.05, 0) is 18.4 Å². The maximum Gasteiger partial charge on any atom is 0.258 e. The molecule has 0 spiro atoms. The van der Waals surface area contributed by atoms with Gasteiger partial charge in [-0.3, -0.25) is 14.3 Å². The molecule has 1 aromatic heterocycles. The number of carbonyl (C=O) groups is 2. The van der Waals surface area contributed by atoms with Crippen LogP contribution in [-0.4, -0.2) is 34.7 Å². The zero-order chi connectivity index (χ0) is 18.4. The third-order valence-electron chi connectivity index (χ3n) is 4.50. The largest absolute Gasteiger partial charge is 0.367 e. The number of rotatable bonds is 7. The zero-order valence-electron chi connectivity index (χ0n) is 14.9. The van der Waals surface area contributed by atoms with Crippen LogP contribution in [0.5, 0.6) is 0 Å². The maximum absolute atomic E-state index is 12.5. The van der Waals surface area contributed by atoms with E-state index in [2.05, 4.69) is 15.7 Å². The summed E-state index contributed by atoms with van der Waals surface area (Å²) in [5.41, 5.74) is 1.30. The molecule has 2 amide bonds. The minimum atomic E-state index is -0.704. The Morgan fingerprint density at radius 3 is 2.69 bits per heavy atom. The van der Waals surface area contributed by atoms with E-state index < -0.39 is 6.10 Å². The Labute approximate surface area is 152 Å². The van der Waals surface area contributed by atoms with Crippen LogP contribution in [0.3, 0.4) is 0 Å². The molecule has 1 saturated carbocycles. The van der Waals surface area contributed by atoms with Gasteiger partial charge in [0.25, 0.3) is 5.91 Å². The summed E-state index contributed by atoms with van der Waals surface area (Å²) < 4.78 is 6.83. The van der Waals surface area contributed by atoms with E-state index in [1.807, 2.05) is 30.3 Å². The number of nitrogens with one attached hydrogen (secondary N) is 2. The van der Waals surface area contributed by atoms with Gasteiger partial charge in [-0.1, -0.05) is 43.2 Å². The maximum atomic E-state index is 12.5. The summed E-state index contributed by atoms with van der Waals surface area (Å²) in [6, 6.07) is 9.56. The number of benzene rings is 1. The lowest BCUT2D eigenvalue weighted by molar-refractivity contribution is -0.126. The van der Waals surface area contributed by atoms with E-state index in [0.717, 1.165) is 18.4 Å². The van der Waals surface area contributed by atoms with Gasteiger partial charge in [-0.15, -0.1) is 0 Å². The van der Waals surface area contributed by atoms with Crippen molar-refractivity contribution in [2.24, 2.45) is 0 Å². The fourth-order valence-corrected chi connectivity index (χ4v) is 3.24. The van der Waals surface area contributed by atoms with E-state index in [1.54, 1.807) is 6.20 Å². The van der Waals surface area contributed by atoms with Crippen LogP contribution in [0, 0.1) is 0 Å². The summed E-state index contributed by atoms with van der Waals surface area (Å²) in [6.07, 6.45) is 6.90. The summed E-state index contributed by atoms with van der Waals surface area (Å²) in [5.74, 6) is -0.342. The predicted molar refractivity (Wildman–Crippen MR) is 97.4 cm³/mol. The van der Waals surface area contributed by atoms with Crippen molar-refractivity contribution in [3.63, 3.8) is 0 Å². The average Bonchev–Trinajstić information content (AvgIpc) is 3.29. The normalized spacial score (nSPS) is 15.6. The number of hydrogen-bond donors (Lipinski definition) is 2. The van der Waals surface area contributed by atoms with Gasteiger partial charge in [-0.2, -0.15) is 5.10 Å². The second-order valence-electron chi connectivity index (χ2n) is 6.49. The Bertz CT molecular complexity index is 738. The highest BCUT2D eigenvalue weighted by atomic mass is 16.5. The predicted octanol–water partition coefficient (Wildman–Crippen LogP) is 2.27. The summed E-state index contributed by atoms with van der Waals surface area (Å²) in [7, 11) is 1.49. The van der Waals surface area contributed by atoms with Crippen molar-refractivity contribution in [3.05, 3.63) is 48.3 Å². The number of carbonyl (C=O) groups excluding carboxylic acids is 2. The Kier molecular flexibility index (Phi) is 6.01. The van der Waals surface area contributed by atoms with E-state index >= 15 is 0 Å². The molecule has 1 aliphatic rings. The van der Waals surface area contributed by atoms with Crippen LogP contribution in [0.15, 0.2) is 42.7 Å². The second-order valence-corrected chi connectivity index (χ2v) is 6.49. The van der Waals surface area contributed by atoms with Crippen molar-refractivity contribution in [3.8, 4) is 0 Å². The van der Waals surface area contributed by atoms with E-state index in [9.17, 15) is 9.59 Å². The topological polar surface area (TPSA) is 85.2 Å². The van der Waals surface area contributed by atoms with Crippen LogP contribution in [0.1, 0.15) is 37.4 Å². The Hall–Kier alpha value is -2.67. The molecule has 1 unspecified atom stereocenters. The molecule has 2 aromatic rings. The van der Waals surface area contributed by atoms with Gasteiger partial charge in [0.05, 0.1) is 11.9 Å². The van der Waals surface area contributed by atoms with Gasteiger partial charge >= 0.3 is 0 Å². The van der Waals surface area contributed by atoms with Crippen LogP contribution in [0.25, 0.3) is 0 Å². The number of hydrogen-bond acceptors (Lipinski definition) is 4. The standard InChI is InChI=1S/C19H24N4O3/c1-26-18(14-7-3-2-4-8-14)19(25)22-16-11-20-23(12-16)13-17(24)21-15-9-5-6-10-15/h2-4,7-8,11-12,15,18H,5-6,9-10,13H2,1H3,(H,21,24)(H,22,25). The number of anilines is 1. The number of amides is 2. The smallest absolute Gasteiger partial charge is 0.258 e. The third-order valence-corrected chi connectivity index (χ3v) is 4.50. The molecule has 26 heavy (non-hydrogen) atoms. The van der Waals surface area contributed by atoms with E-state index in [1.165, 1.54) is 30.8 Å². The molecule has 1 fully saturated rings. The van der Waals surface area contributed by atoms with Crippen LogP contribution in [0.4, 0.5) is 5.69 Å². The molecule has 7 heteroatoms. The lowest BCUT2D eigenvalue weighted by atomic mass is 10.1. The molecule has 0 radical (unpaired) electrons. The van der Waals surface area contributed by atoms with Crippen molar-refractivity contribution in [1.82, 2.24) is 15.1 Å². The first-order valence-electron chi connectivity index (χ1n) is 8.86.